The van der Waals surface area contributed by atoms with E-state index >= 15 is 0 Å². The molecule has 0 aliphatic carbocycles. The molecule has 6 nitrogen and oxygen atoms in total. The van der Waals surface area contributed by atoms with Crippen LogP contribution in [0, 0.1) is 0 Å². The highest BCUT2D eigenvalue weighted by atomic mass is 35.5. The van der Waals surface area contributed by atoms with Gasteiger partial charge in [0.15, 0.2) is 0 Å². The van der Waals surface area contributed by atoms with Gasteiger partial charge in [0.25, 0.3) is 0 Å². The lowest BCUT2D eigenvalue weighted by molar-refractivity contribution is 0.490. The number of benzene rings is 1. The van der Waals surface area contributed by atoms with Crippen LogP contribution >= 0.6 is 11.8 Å². The van der Waals surface area contributed by atoms with Crippen LogP contribution in [-0.4, -0.2) is 13.0 Å². The summed E-state index contributed by atoms with van der Waals surface area (Å²) in [5.41, 5.74) is 3.48. The molecule has 0 unspecified atom stereocenters. The van der Waals surface area contributed by atoms with Crippen LogP contribution in [0.1, 0.15) is 0 Å². The lowest BCUT2D eigenvalue weighted by Gasteiger charge is -2.04. The molecular weight excluding hydrogens is 230 g/mol. The molecule has 0 aliphatic rings. The van der Waals surface area contributed by atoms with Crippen LogP contribution in [0.3, 0.4) is 0 Å². The largest absolute Gasteiger partial charge is 0.357 e. The number of hydrogen-bond acceptors (Lipinski definition) is 4. The first kappa shape index (κ1) is 11.1. The molecule has 0 aromatic heterocycles. The first-order valence-electron chi connectivity index (χ1n) is 3.48. The van der Waals surface area contributed by atoms with Crippen molar-refractivity contribution in [2.24, 2.45) is 0 Å². The lowest BCUT2D eigenvalue weighted by Crippen LogP contribution is -2.11. The Hall–Kier alpha value is -1.02. The Balaban J connectivity index is 2.74. The maximum Gasteiger partial charge on any atom is 0.357 e. The second kappa shape index (κ2) is 4.47. The predicted octanol–water partition coefficient (Wildman–Crippen LogP) is 0.972. The molecule has 4 N–H and O–H groups in total. The molecule has 0 fully saturated rings. The fraction of sp³-hybridized carbons (Fsp3) is 0. The van der Waals surface area contributed by atoms with E-state index in [9.17, 15) is 8.42 Å². The third-order valence-corrected chi connectivity index (χ3v) is 1.91. The summed E-state index contributed by atoms with van der Waals surface area (Å²) in [6.07, 6.45) is 0. The van der Waals surface area contributed by atoms with Crippen LogP contribution in [0.25, 0.3) is 0 Å². The lowest BCUT2D eigenvalue weighted by atomic mass is 10.3. The van der Waals surface area contributed by atoms with Gasteiger partial charge in [-0.25, -0.2) is 0 Å². The molecule has 0 amide bonds. The minimum Gasteiger partial charge on any atom is -0.308 e. The quantitative estimate of drug-likeness (QED) is 0.356. The summed E-state index contributed by atoms with van der Waals surface area (Å²) >= 11 is 5.17. The Kier molecular flexibility index (Phi) is 3.53. The van der Waals surface area contributed by atoms with E-state index in [4.69, 9.17) is 16.3 Å². The van der Waals surface area contributed by atoms with Gasteiger partial charge in [0, 0.05) is 0 Å². The fourth-order valence-corrected chi connectivity index (χ4v) is 1.37. The molecule has 0 saturated heterocycles. The van der Waals surface area contributed by atoms with Crippen molar-refractivity contribution in [3.05, 3.63) is 24.3 Å². The third kappa shape index (κ3) is 3.79. The van der Waals surface area contributed by atoms with Gasteiger partial charge in [-0.15, -0.1) is 4.94 Å². The van der Waals surface area contributed by atoms with Crippen LogP contribution in [0.15, 0.2) is 24.3 Å². The number of nitrogens with one attached hydrogen (secondary N) is 3. The average molecular weight is 238 g/mol. The van der Waals surface area contributed by atoms with Crippen LogP contribution in [-0.2, 0) is 10.3 Å². The summed E-state index contributed by atoms with van der Waals surface area (Å²) < 4.78 is 31.2. The van der Waals surface area contributed by atoms with Crippen molar-refractivity contribution in [1.82, 2.24) is 4.94 Å². The molecular formula is C6H8ClN3O3S. The highest BCUT2D eigenvalue weighted by Gasteiger charge is 2.02. The summed E-state index contributed by atoms with van der Waals surface area (Å²) in [5.74, 6) is 0. The normalized spacial score (nSPS) is 11.0. The van der Waals surface area contributed by atoms with E-state index in [1.165, 1.54) is 12.1 Å². The minimum absolute atomic E-state index is 0.257. The molecule has 0 bridgehead atoms. The van der Waals surface area contributed by atoms with E-state index in [2.05, 4.69) is 10.4 Å². The number of anilines is 2. The zero-order valence-corrected chi connectivity index (χ0v) is 8.43. The van der Waals surface area contributed by atoms with Gasteiger partial charge in [0.2, 0.25) is 0 Å². The Morgan fingerprint density at radius 3 is 2.07 bits per heavy atom. The third-order valence-electron chi connectivity index (χ3n) is 1.32. The van der Waals surface area contributed by atoms with E-state index in [0.29, 0.717) is 5.69 Å². The molecule has 14 heavy (non-hydrogen) atoms. The van der Waals surface area contributed by atoms with Gasteiger partial charge in [-0.3, -0.25) is 9.27 Å². The monoisotopic (exact) mass is 237 g/mol. The highest BCUT2D eigenvalue weighted by Crippen LogP contribution is 2.13. The summed E-state index contributed by atoms with van der Waals surface area (Å²) in [7, 11) is -4.21. The second-order valence-electron chi connectivity index (χ2n) is 2.37. The molecule has 0 spiro atoms. The Morgan fingerprint density at radius 2 is 1.64 bits per heavy atom. The zero-order valence-electron chi connectivity index (χ0n) is 6.86. The maximum atomic E-state index is 10.4. The standard InChI is InChI=1S/C6H8ClN3O3S/c7-10-8-5-1-3-6(4-2-5)9-14(11,12)13/h1-4,8-10H,(H,11,12,13). The fourth-order valence-electron chi connectivity index (χ4n) is 0.825. The number of halogens is 1. The summed E-state index contributed by atoms with van der Waals surface area (Å²) in [4.78, 5) is 2.19. The smallest absolute Gasteiger partial charge is 0.308 e. The molecule has 0 atom stereocenters. The van der Waals surface area contributed by atoms with Gasteiger partial charge >= 0.3 is 10.3 Å². The van der Waals surface area contributed by atoms with Crippen LogP contribution in [0.4, 0.5) is 11.4 Å². The molecule has 1 aromatic carbocycles. The number of hydrogen-bond donors (Lipinski definition) is 4. The van der Waals surface area contributed by atoms with Gasteiger partial charge < -0.3 is 5.43 Å². The Labute approximate surface area is 86.2 Å². The van der Waals surface area contributed by atoms with Crippen LogP contribution in [0.2, 0.25) is 0 Å². The van der Waals surface area contributed by atoms with Crippen molar-refractivity contribution in [2.75, 3.05) is 10.1 Å². The summed E-state index contributed by atoms with van der Waals surface area (Å²) in [5, 5.41) is 0. The average Bonchev–Trinajstić information content (AvgIpc) is 2.06. The molecule has 78 valence electrons. The van der Waals surface area contributed by atoms with Crippen molar-refractivity contribution in [3.63, 3.8) is 0 Å². The number of rotatable bonds is 4. The molecule has 0 saturated carbocycles. The van der Waals surface area contributed by atoms with Gasteiger partial charge in [-0.2, -0.15) is 8.42 Å². The molecule has 0 aliphatic heterocycles. The molecule has 0 radical (unpaired) electrons. The van der Waals surface area contributed by atoms with Crippen LogP contribution < -0.4 is 15.1 Å². The van der Waals surface area contributed by atoms with Crippen molar-refractivity contribution in [2.45, 2.75) is 0 Å². The van der Waals surface area contributed by atoms with Crippen molar-refractivity contribution in [1.29, 1.82) is 0 Å². The van der Waals surface area contributed by atoms with E-state index in [-0.39, 0.29) is 5.69 Å². The summed E-state index contributed by atoms with van der Waals surface area (Å²) in [6, 6.07) is 6.07. The minimum atomic E-state index is -4.21. The predicted molar refractivity (Wildman–Crippen MR) is 54.2 cm³/mol. The van der Waals surface area contributed by atoms with Crippen molar-refractivity contribution < 1.29 is 13.0 Å². The molecule has 0 heterocycles. The Bertz CT molecular complexity index is 391. The Morgan fingerprint density at radius 1 is 1.14 bits per heavy atom. The van der Waals surface area contributed by atoms with Gasteiger partial charge in [-0.05, 0) is 36.0 Å². The highest BCUT2D eigenvalue weighted by molar-refractivity contribution is 7.87. The molecule has 8 heteroatoms. The van der Waals surface area contributed by atoms with E-state index in [1.54, 1.807) is 12.1 Å². The van der Waals surface area contributed by atoms with Crippen molar-refractivity contribution in [3.8, 4) is 0 Å². The molecule has 1 rings (SSSR count). The van der Waals surface area contributed by atoms with Gasteiger partial charge in [-0.1, -0.05) is 0 Å². The SMILES string of the molecule is O=S(=O)(O)Nc1ccc(NNCl)cc1. The number of hydrazine groups is 1. The first-order valence-corrected chi connectivity index (χ1v) is 5.30. The topological polar surface area (TPSA) is 90.5 Å². The molecule has 1 aromatic rings. The maximum absolute atomic E-state index is 10.4. The van der Waals surface area contributed by atoms with E-state index < -0.39 is 10.3 Å². The van der Waals surface area contributed by atoms with Gasteiger partial charge in [0.1, 0.15) is 0 Å². The van der Waals surface area contributed by atoms with E-state index in [0.717, 1.165) is 0 Å². The first-order chi connectivity index (χ1) is 6.51. The zero-order chi connectivity index (χ0) is 10.6. The van der Waals surface area contributed by atoms with Crippen LogP contribution in [0.5, 0.6) is 0 Å². The van der Waals surface area contributed by atoms with Crippen molar-refractivity contribution >= 4 is 33.5 Å². The van der Waals surface area contributed by atoms with Gasteiger partial charge in [0.05, 0.1) is 11.4 Å². The second-order valence-corrected chi connectivity index (χ2v) is 3.72. The van der Waals surface area contributed by atoms with E-state index in [1.807, 2.05) is 4.72 Å². The summed E-state index contributed by atoms with van der Waals surface area (Å²) in [6.45, 7) is 0.